The monoisotopic (exact) mass is 204 g/mol. The highest BCUT2D eigenvalue weighted by Gasteiger charge is 2.01. The van der Waals surface area contributed by atoms with Gasteiger partial charge < -0.3 is 10.4 Å². The van der Waals surface area contributed by atoms with Gasteiger partial charge in [0.2, 0.25) is 5.95 Å². The molecule has 0 atom stereocenters. The van der Waals surface area contributed by atoms with Crippen molar-refractivity contribution >= 4 is 11.6 Å². The average Bonchev–Trinajstić information content (AvgIpc) is 2.22. The second kappa shape index (κ2) is 3.79. The van der Waals surface area contributed by atoms with Crippen LogP contribution < -0.4 is 10.9 Å². The molecule has 2 aromatic rings. The molecule has 1 heterocycles. The first-order valence-corrected chi connectivity index (χ1v) is 4.23. The lowest BCUT2D eigenvalue weighted by Crippen LogP contribution is -2.10. The number of hydrogen-bond acceptors (Lipinski definition) is 5. The fourth-order valence-corrected chi connectivity index (χ4v) is 1.08. The van der Waals surface area contributed by atoms with Crippen molar-refractivity contribution in [2.45, 2.75) is 0 Å². The number of anilines is 2. The lowest BCUT2D eigenvalue weighted by Gasteiger charge is -2.05. The number of nitrogens with zero attached hydrogens (tertiary/aromatic N) is 2. The van der Waals surface area contributed by atoms with Gasteiger partial charge in [0, 0.05) is 0 Å². The minimum absolute atomic E-state index is 0.0732. The van der Waals surface area contributed by atoms with Gasteiger partial charge in [0.15, 0.2) is 0 Å². The van der Waals surface area contributed by atoms with Crippen molar-refractivity contribution in [3.63, 3.8) is 0 Å². The number of para-hydroxylation sites is 2. The maximum atomic E-state index is 10.9. The van der Waals surface area contributed by atoms with E-state index in [-0.39, 0.29) is 17.3 Å². The predicted molar refractivity (Wildman–Crippen MR) is 54.0 cm³/mol. The van der Waals surface area contributed by atoms with Gasteiger partial charge in [0.1, 0.15) is 11.9 Å². The molecule has 0 aliphatic rings. The van der Waals surface area contributed by atoms with Gasteiger partial charge in [-0.15, -0.1) is 10.2 Å². The maximum absolute atomic E-state index is 10.9. The summed E-state index contributed by atoms with van der Waals surface area (Å²) in [4.78, 5) is 13.3. The van der Waals surface area contributed by atoms with Crippen LogP contribution in [0, 0.1) is 0 Å². The van der Waals surface area contributed by atoms with Crippen LogP contribution >= 0.6 is 0 Å². The van der Waals surface area contributed by atoms with Crippen LogP contribution in [0.5, 0.6) is 5.75 Å². The highest BCUT2D eigenvalue weighted by atomic mass is 16.3. The molecule has 0 unspecified atom stereocenters. The van der Waals surface area contributed by atoms with Gasteiger partial charge in [-0.1, -0.05) is 12.1 Å². The van der Waals surface area contributed by atoms with Crippen LogP contribution in [0.15, 0.2) is 35.3 Å². The molecule has 0 amide bonds. The van der Waals surface area contributed by atoms with E-state index in [9.17, 15) is 9.90 Å². The van der Waals surface area contributed by atoms with E-state index in [1.807, 2.05) is 0 Å². The van der Waals surface area contributed by atoms with Crippen molar-refractivity contribution < 1.29 is 5.11 Å². The molecule has 1 aromatic carbocycles. The number of H-pyrrole nitrogens is 1. The summed E-state index contributed by atoms with van der Waals surface area (Å²) in [6, 6.07) is 6.62. The van der Waals surface area contributed by atoms with E-state index in [2.05, 4.69) is 20.5 Å². The van der Waals surface area contributed by atoms with E-state index in [4.69, 9.17) is 0 Å². The van der Waals surface area contributed by atoms with Gasteiger partial charge in [-0.2, -0.15) is 0 Å². The van der Waals surface area contributed by atoms with Crippen molar-refractivity contribution in [3.05, 3.63) is 40.8 Å². The topological polar surface area (TPSA) is 90.9 Å². The molecule has 6 nitrogen and oxygen atoms in total. The van der Waals surface area contributed by atoms with Gasteiger partial charge in [0.25, 0.3) is 5.56 Å². The van der Waals surface area contributed by atoms with Crippen molar-refractivity contribution in [1.82, 2.24) is 15.2 Å². The first kappa shape index (κ1) is 9.20. The van der Waals surface area contributed by atoms with E-state index >= 15 is 0 Å². The quantitative estimate of drug-likeness (QED) is 0.623. The Morgan fingerprint density at radius 3 is 2.87 bits per heavy atom. The number of phenols is 1. The summed E-state index contributed by atoms with van der Waals surface area (Å²) in [5.41, 5.74) is 0.0940. The Bertz CT molecular complexity index is 523. The number of aromatic nitrogens is 3. The Balaban J connectivity index is 2.30. The summed E-state index contributed by atoms with van der Waals surface area (Å²) in [5, 5.41) is 19.3. The number of hydrogen-bond donors (Lipinski definition) is 3. The second-order valence-electron chi connectivity index (χ2n) is 2.82. The molecule has 0 saturated heterocycles. The van der Waals surface area contributed by atoms with Gasteiger partial charge in [-0.05, 0) is 12.1 Å². The molecule has 0 saturated carbocycles. The smallest absolute Gasteiger partial charge is 0.271 e. The SMILES string of the molecule is O=c1cnnc(Nc2ccccc2O)[nH]1. The number of aromatic amines is 1. The van der Waals surface area contributed by atoms with E-state index in [0.29, 0.717) is 5.69 Å². The van der Waals surface area contributed by atoms with Crippen LogP contribution in [0.3, 0.4) is 0 Å². The Morgan fingerprint density at radius 1 is 1.33 bits per heavy atom. The molecule has 0 fully saturated rings. The average molecular weight is 204 g/mol. The van der Waals surface area contributed by atoms with Crippen molar-refractivity contribution in [2.24, 2.45) is 0 Å². The second-order valence-corrected chi connectivity index (χ2v) is 2.82. The van der Waals surface area contributed by atoms with Crippen LogP contribution in [0.1, 0.15) is 0 Å². The first-order chi connectivity index (χ1) is 7.25. The summed E-state index contributed by atoms with van der Waals surface area (Å²) >= 11 is 0. The van der Waals surface area contributed by atoms with E-state index in [0.717, 1.165) is 6.20 Å². The van der Waals surface area contributed by atoms with Gasteiger partial charge >= 0.3 is 0 Å². The van der Waals surface area contributed by atoms with Crippen LogP contribution in [-0.2, 0) is 0 Å². The number of rotatable bonds is 2. The van der Waals surface area contributed by atoms with Gasteiger partial charge in [-0.3, -0.25) is 9.78 Å². The molecular weight excluding hydrogens is 196 g/mol. The largest absolute Gasteiger partial charge is 0.506 e. The lowest BCUT2D eigenvalue weighted by molar-refractivity contribution is 0.477. The molecule has 0 aliphatic carbocycles. The zero-order chi connectivity index (χ0) is 10.7. The van der Waals surface area contributed by atoms with Crippen LogP contribution in [0.2, 0.25) is 0 Å². The minimum atomic E-state index is -0.358. The molecule has 0 spiro atoms. The Kier molecular flexibility index (Phi) is 2.32. The van der Waals surface area contributed by atoms with Gasteiger partial charge in [-0.25, -0.2) is 0 Å². The Morgan fingerprint density at radius 2 is 2.13 bits per heavy atom. The first-order valence-electron chi connectivity index (χ1n) is 4.23. The van der Waals surface area contributed by atoms with Crippen LogP contribution in [0.25, 0.3) is 0 Å². The fraction of sp³-hybridized carbons (Fsp3) is 0. The number of nitrogens with one attached hydrogen (secondary N) is 2. The summed E-state index contributed by atoms with van der Waals surface area (Å²) in [6.45, 7) is 0. The molecule has 6 heteroatoms. The van der Waals surface area contributed by atoms with Crippen molar-refractivity contribution in [2.75, 3.05) is 5.32 Å². The van der Waals surface area contributed by atoms with E-state index in [1.54, 1.807) is 18.2 Å². The van der Waals surface area contributed by atoms with Crippen molar-refractivity contribution in [3.8, 4) is 5.75 Å². The molecule has 3 N–H and O–H groups in total. The van der Waals surface area contributed by atoms with Crippen molar-refractivity contribution in [1.29, 1.82) is 0 Å². The third kappa shape index (κ3) is 2.11. The Labute approximate surface area is 84.6 Å². The molecule has 0 aliphatic heterocycles. The zero-order valence-corrected chi connectivity index (χ0v) is 7.64. The van der Waals surface area contributed by atoms with E-state index in [1.165, 1.54) is 6.07 Å². The minimum Gasteiger partial charge on any atom is -0.506 e. The summed E-state index contributed by atoms with van der Waals surface area (Å²) in [6.07, 6.45) is 1.07. The fourth-order valence-electron chi connectivity index (χ4n) is 1.08. The predicted octanol–water partition coefficient (Wildman–Crippen LogP) is 0.614. The number of aromatic hydroxyl groups is 1. The standard InChI is InChI=1S/C9H8N4O2/c14-7-4-2-1-3-6(7)11-9-12-8(15)5-10-13-9/h1-5,14H,(H2,11,12,13,15). The number of phenolic OH excluding ortho intramolecular Hbond substituents is 1. The molecule has 2 rings (SSSR count). The third-order valence-electron chi connectivity index (χ3n) is 1.73. The molecular formula is C9H8N4O2. The molecule has 1 aromatic heterocycles. The molecule has 15 heavy (non-hydrogen) atoms. The molecule has 0 radical (unpaired) electrons. The van der Waals surface area contributed by atoms with Crippen LogP contribution in [-0.4, -0.2) is 20.3 Å². The summed E-state index contributed by atoms with van der Waals surface area (Å²) in [5.74, 6) is 0.257. The number of benzene rings is 1. The maximum Gasteiger partial charge on any atom is 0.271 e. The van der Waals surface area contributed by atoms with Crippen LogP contribution in [0.4, 0.5) is 11.6 Å². The highest BCUT2D eigenvalue weighted by molar-refractivity contribution is 5.61. The lowest BCUT2D eigenvalue weighted by atomic mass is 10.3. The van der Waals surface area contributed by atoms with E-state index < -0.39 is 0 Å². The highest BCUT2D eigenvalue weighted by Crippen LogP contribution is 2.23. The summed E-state index contributed by atoms with van der Waals surface area (Å²) < 4.78 is 0. The van der Waals surface area contributed by atoms with Gasteiger partial charge in [0.05, 0.1) is 5.69 Å². The normalized spacial score (nSPS) is 9.87. The molecule has 0 bridgehead atoms. The molecule has 76 valence electrons. The third-order valence-corrected chi connectivity index (χ3v) is 1.73. The summed E-state index contributed by atoms with van der Waals surface area (Å²) in [7, 11) is 0. The zero-order valence-electron chi connectivity index (χ0n) is 7.64. The Hall–Kier alpha value is -2.37.